The SMILES string of the molecule is CC[C@H](C)[C@H]1NC(=O)[C@@H](Cc2ccoc2)N(C)C(=O)[C@H](C)N(C)C(=O)[C@H](C(C)(C)C)NC(=O)[C@H](Cc2ccoc2)N(C)C(=O)[C@H](C(C)C)NC(=O)[C@@H](C(C)C)NC1=O. The second kappa shape index (κ2) is 20.0. The van der Waals surface area contributed by atoms with E-state index in [1.54, 1.807) is 67.5 Å². The third-order valence-electron chi connectivity index (χ3n) is 11.2. The van der Waals surface area contributed by atoms with Gasteiger partial charge in [0.15, 0.2) is 0 Å². The van der Waals surface area contributed by atoms with Crippen molar-refractivity contribution in [2.75, 3.05) is 21.1 Å². The number of hydrogen-bond acceptors (Lipinski definition) is 9. The van der Waals surface area contributed by atoms with E-state index in [-0.39, 0.29) is 12.8 Å². The zero-order valence-corrected chi connectivity index (χ0v) is 36.4. The fourth-order valence-electron chi connectivity index (χ4n) is 6.83. The highest BCUT2D eigenvalue weighted by Crippen LogP contribution is 2.24. The fourth-order valence-corrected chi connectivity index (χ4v) is 6.83. The summed E-state index contributed by atoms with van der Waals surface area (Å²) in [5.41, 5.74) is 0.352. The summed E-state index contributed by atoms with van der Waals surface area (Å²) in [4.78, 5) is 104. The maximum absolute atomic E-state index is 14.4. The molecular formula is C42H65N7O9. The monoisotopic (exact) mass is 811 g/mol. The van der Waals surface area contributed by atoms with Gasteiger partial charge in [0.05, 0.1) is 25.1 Å². The molecule has 58 heavy (non-hydrogen) atoms. The summed E-state index contributed by atoms with van der Waals surface area (Å²) < 4.78 is 10.5. The average Bonchev–Trinajstić information content (AvgIpc) is 3.89. The molecule has 4 N–H and O–H groups in total. The summed E-state index contributed by atoms with van der Waals surface area (Å²) >= 11 is 0. The Morgan fingerprint density at radius 1 is 0.603 bits per heavy atom. The van der Waals surface area contributed by atoms with Crippen molar-refractivity contribution in [3.8, 4) is 0 Å². The van der Waals surface area contributed by atoms with Gasteiger partial charge in [0.1, 0.15) is 42.3 Å². The van der Waals surface area contributed by atoms with Crippen molar-refractivity contribution in [1.82, 2.24) is 36.0 Å². The molecule has 1 saturated heterocycles. The first-order valence-corrected chi connectivity index (χ1v) is 20.0. The second-order valence-electron chi connectivity index (χ2n) is 17.4. The molecule has 1 aliphatic heterocycles. The Kier molecular flexibility index (Phi) is 16.3. The van der Waals surface area contributed by atoms with Crippen LogP contribution in [0.25, 0.3) is 0 Å². The first kappa shape index (κ1) is 47.2. The van der Waals surface area contributed by atoms with Crippen LogP contribution in [0.5, 0.6) is 0 Å². The van der Waals surface area contributed by atoms with Gasteiger partial charge in [-0.2, -0.15) is 0 Å². The molecule has 2 aromatic heterocycles. The second-order valence-corrected chi connectivity index (χ2v) is 17.4. The van der Waals surface area contributed by atoms with Gasteiger partial charge >= 0.3 is 0 Å². The largest absolute Gasteiger partial charge is 0.472 e. The molecule has 0 unspecified atom stereocenters. The molecule has 7 amide bonds. The Hall–Kier alpha value is -5.15. The minimum atomic E-state index is -1.17. The van der Waals surface area contributed by atoms with Crippen LogP contribution in [0.4, 0.5) is 0 Å². The molecule has 8 atom stereocenters. The topological polar surface area (TPSA) is 204 Å². The number of furan rings is 2. The lowest BCUT2D eigenvalue weighted by atomic mass is 9.85. The molecule has 0 saturated carbocycles. The van der Waals surface area contributed by atoms with Crippen LogP contribution in [0.3, 0.4) is 0 Å². The van der Waals surface area contributed by atoms with Crippen LogP contribution in [0.1, 0.15) is 86.8 Å². The smallest absolute Gasteiger partial charge is 0.246 e. The van der Waals surface area contributed by atoms with E-state index in [0.717, 1.165) is 0 Å². The average molecular weight is 812 g/mol. The highest BCUT2D eigenvalue weighted by atomic mass is 16.3. The molecule has 3 rings (SSSR count). The van der Waals surface area contributed by atoms with Gasteiger partial charge in [-0.05, 0) is 53.4 Å². The van der Waals surface area contributed by atoms with Gasteiger partial charge in [-0.25, -0.2) is 0 Å². The number of rotatable bonds is 8. The lowest BCUT2D eigenvalue weighted by molar-refractivity contribution is -0.150. The Morgan fingerprint density at radius 3 is 1.47 bits per heavy atom. The van der Waals surface area contributed by atoms with Gasteiger partial charge in [0.25, 0.3) is 0 Å². The molecule has 16 heteroatoms. The van der Waals surface area contributed by atoms with Crippen molar-refractivity contribution >= 4 is 41.4 Å². The summed E-state index contributed by atoms with van der Waals surface area (Å²) in [7, 11) is 4.37. The number of hydrogen-bond donors (Lipinski definition) is 4. The molecule has 322 valence electrons. The van der Waals surface area contributed by atoms with Crippen molar-refractivity contribution in [2.45, 2.75) is 131 Å². The highest BCUT2D eigenvalue weighted by molar-refractivity contribution is 5.99. The zero-order valence-electron chi connectivity index (χ0n) is 36.4. The van der Waals surface area contributed by atoms with Crippen LogP contribution in [0.15, 0.2) is 46.0 Å². The summed E-state index contributed by atoms with van der Waals surface area (Å²) in [5.74, 6) is -5.53. The number of carbonyl (C=O) groups is 7. The van der Waals surface area contributed by atoms with Crippen LogP contribution >= 0.6 is 0 Å². The summed E-state index contributed by atoms with van der Waals surface area (Å²) in [5, 5.41) is 11.4. The lowest BCUT2D eigenvalue weighted by Crippen LogP contribution is -2.62. The third-order valence-corrected chi connectivity index (χ3v) is 11.2. The van der Waals surface area contributed by atoms with Crippen molar-refractivity contribution in [1.29, 1.82) is 0 Å². The van der Waals surface area contributed by atoms with Crippen LogP contribution in [0.2, 0.25) is 0 Å². The van der Waals surface area contributed by atoms with Crippen molar-refractivity contribution in [2.24, 2.45) is 23.2 Å². The predicted octanol–water partition coefficient (Wildman–Crippen LogP) is 2.52. The van der Waals surface area contributed by atoms with Crippen molar-refractivity contribution in [3.05, 3.63) is 48.3 Å². The van der Waals surface area contributed by atoms with E-state index in [0.29, 0.717) is 17.5 Å². The minimum Gasteiger partial charge on any atom is -0.472 e. The Morgan fingerprint density at radius 2 is 1.03 bits per heavy atom. The molecular weight excluding hydrogens is 747 g/mol. The van der Waals surface area contributed by atoms with Crippen molar-refractivity contribution < 1.29 is 42.4 Å². The predicted molar refractivity (Wildman–Crippen MR) is 216 cm³/mol. The zero-order chi connectivity index (χ0) is 43.8. The number of nitrogens with zero attached hydrogens (tertiary/aromatic N) is 3. The molecule has 1 fully saturated rings. The van der Waals surface area contributed by atoms with E-state index >= 15 is 0 Å². The molecule has 0 aromatic carbocycles. The molecule has 0 spiro atoms. The molecule has 0 aliphatic carbocycles. The van der Waals surface area contributed by atoms with E-state index in [1.807, 2.05) is 6.92 Å². The summed E-state index contributed by atoms with van der Waals surface area (Å²) in [6, 6.07) is -4.60. The highest BCUT2D eigenvalue weighted by Gasteiger charge is 2.43. The van der Waals surface area contributed by atoms with Gasteiger partial charge in [0.2, 0.25) is 41.4 Å². The summed E-state index contributed by atoms with van der Waals surface area (Å²) in [6.45, 7) is 17.5. The number of likely N-dealkylation sites (N-methyl/N-ethyl adjacent to an activating group) is 3. The quantitative estimate of drug-likeness (QED) is 0.309. The van der Waals surface area contributed by atoms with Crippen LogP contribution in [0, 0.1) is 23.2 Å². The maximum Gasteiger partial charge on any atom is 0.246 e. The maximum atomic E-state index is 14.4. The Balaban J connectivity index is 2.23. The van der Waals surface area contributed by atoms with Gasteiger partial charge in [-0.15, -0.1) is 0 Å². The van der Waals surface area contributed by atoms with E-state index < -0.39 is 107 Å². The number of amides is 7. The molecule has 0 radical (unpaired) electrons. The normalized spacial score (nSPS) is 26.3. The van der Waals surface area contributed by atoms with Crippen LogP contribution in [-0.2, 0) is 46.4 Å². The van der Waals surface area contributed by atoms with Gasteiger partial charge in [-0.3, -0.25) is 33.6 Å². The molecule has 2 aromatic rings. The van der Waals surface area contributed by atoms with Crippen molar-refractivity contribution in [3.63, 3.8) is 0 Å². The lowest BCUT2D eigenvalue weighted by Gasteiger charge is -2.39. The number of carbonyl (C=O) groups excluding carboxylic acids is 7. The van der Waals surface area contributed by atoms with Crippen LogP contribution < -0.4 is 21.3 Å². The van der Waals surface area contributed by atoms with Gasteiger partial charge < -0.3 is 44.8 Å². The molecule has 16 nitrogen and oxygen atoms in total. The third kappa shape index (κ3) is 11.5. The number of nitrogens with one attached hydrogen (secondary N) is 4. The van der Waals surface area contributed by atoms with E-state index in [4.69, 9.17) is 8.83 Å². The minimum absolute atomic E-state index is 0.0185. The Bertz CT molecular complexity index is 1730. The first-order chi connectivity index (χ1) is 27.0. The first-order valence-electron chi connectivity index (χ1n) is 20.0. The van der Waals surface area contributed by atoms with E-state index in [2.05, 4.69) is 21.3 Å². The summed E-state index contributed by atoms with van der Waals surface area (Å²) in [6.07, 6.45) is 6.33. The van der Waals surface area contributed by atoms with E-state index in [1.165, 1.54) is 67.8 Å². The standard InChI is InChI=1S/C42H65N7O9/c1-14-25(6)33-38(53)43-31(23(2)3)37(52)44-32(24(4)5)40(55)49(13)30(20-28-16-18-58-22-28)36(51)46-34(42(8,9)10)41(56)47(11)26(7)39(54)48(12)29(35(50)45-33)19-27-15-17-57-21-27/h15-18,21-26,29-34H,14,19-20H2,1-13H3,(H,43,53)(H,44,52)(H,45,50)(H,46,51)/t25-,26-,29+,30-,31+,32-,33+,34+/m0/s1. The Labute approximate surface area is 342 Å². The molecule has 3 heterocycles. The van der Waals surface area contributed by atoms with Crippen LogP contribution in [-0.4, -0.2) is 119 Å². The fraction of sp³-hybridized carbons (Fsp3) is 0.643. The molecule has 1 aliphatic rings. The van der Waals surface area contributed by atoms with E-state index in [9.17, 15) is 33.6 Å². The van der Waals surface area contributed by atoms with Gasteiger partial charge in [0, 0.05) is 34.0 Å². The molecule has 0 bridgehead atoms. The van der Waals surface area contributed by atoms with Gasteiger partial charge in [-0.1, -0.05) is 68.7 Å².